The van der Waals surface area contributed by atoms with Gasteiger partial charge >= 0.3 is 0 Å². The van der Waals surface area contributed by atoms with Crippen molar-refractivity contribution >= 4 is 22.4 Å². The van der Waals surface area contributed by atoms with Gasteiger partial charge in [-0.25, -0.2) is 13.1 Å². The standard InChI is InChI=1S/C9H21N3O2S.ClH/c1-15(13,14)11-4-7-12-5-2-9(8-10)3-6-12;/h9,11H,2-8,10H2,1H3;1H. The van der Waals surface area contributed by atoms with Crippen molar-refractivity contribution in [3.8, 4) is 0 Å². The lowest BCUT2D eigenvalue weighted by atomic mass is 9.97. The van der Waals surface area contributed by atoms with Gasteiger partial charge in [0, 0.05) is 13.1 Å². The molecule has 0 atom stereocenters. The van der Waals surface area contributed by atoms with Crippen LogP contribution in [0, 0.1) is 5.92 Å². The zero-order valence-electron chi connectivity index (χ0n) is 9.68. The first-order valence-corrected chi connectivity index (χ1v) is 7.27. The van der Waals surface area contributed by atoms with E-state index in [-0.39, 0.29) is 12.4 Å². The molecule has 7 heteroatoms. The van der Waals surface area contributed by atoms with Gasteiger partial charge in [0.05, 0.1) is 6.26 Å². The molecule has 0 radical (unpaired) electrons. The van der Waals surface area contributed by atoms with Gasteiger partial charge in [0.25, 0.3) is 0 Å². The van der Waals surface area contributed by atoms with Gasteiger partial charge in [0.15, 0.2) is 0 Å². The Morgan fingerprint density at radius 2 is 1.94 bits per heavy atom. The van der Waals surface area contributed by atoms with Crippen LogP contribution >= 0.6 is 12.4 Å². The molecule has 1 heterocycles. The molecule has 0 unspecified atom stereocenters. The molecule has 0 aromatic heterocycles. The Balaban J connectivity index is 0.00000225. The number of nitrogens with zero attached hydrogens (tertiary/aromatic N) is 1. The molecule has 0 aromatic carbocycles. The fourth-order valence-corrected chi connectivity index (χ4v) is 2.30. The number of hydrogen-bond donors (Lipinski definition) is 2. The lowest BCUT2D eigenvalue weighted by molar-refractivity contribution is 0.190. The van der Waals surface area contributed by atoms with E-state index in [9.17, 15) is 8.42 Å². The normalized spacial score (nSPS) is 19.4. The van der Waals surface area contributed by atoms with Crippen LogP contribution in [0.3, 0.4) is 0 Å². The molecule has 98 valence electrons. The summed E-state index contributed by atoms with van der Waals surface area (Å²) in [5.74, 6) is 0.657. The van der Waals surface area contributed by atoms with Crippen molar-refractivity contribution in [3.63, 3.8) is 0 Å². The summed E-state index contributed by atoms with van der Waals surface area (Å²) in [5.41, 5.74) is 5.60. The summed E-state index contributed by atoms with van der Waals surface area (Å²) in [6.07, 6.45) is 3.46. The lowest BCUT2D eigenvalue weighted by Gasteiger charge is -2.31. The first-order valence-electron chi connectivity index (χ1n) is 5.38. The van der Waals surface area contributed by atoms with Gasteiger partial charge in [0.2, 0.25) is 10.0 Å². The molecule has 3 N–H and O–H groups in total. The third kappa shape index (κ3) is 6.65. The molecule has 1 aliphatic heterocycles. The van der Waals surface area contributed by atoms with Crippen molar-refractivity contribution in [2.24, 2.45) is 11.7 Å². The van der Waals surface area contributed by atoms with Gasteiger partial charge in [0.1, 0.15) is 0 Å². The number of halogens is 1. The second-order valence-corrected chi connectivity index (χ2v) is 6.02. The Morgan fingerprint density at radius 3 is 2.38 bits per heavy atom. The molecule has 0 bridgehead atoms. The summed E-state index contributed by atoms with van der Waals surface area (Å²) in [7, 11) is -3.04. The van der Waals surface area contributed by atoms with Crippen LogP contribution in [0.4, 0.5) is 0 Å². The molecule has 5 nitrogen and oxygen atoms in total. The average molecular weight is 272 g/mol. The molecule has 1 fully saturated rings. The molecule has 0 spiro atoms. The molecule has 1 aliphatic rings. The number of hydrogen-bond acceptors (Lipinski definition) is 4. The fraction of sp³-hybridized carbons (Fsp3) is 1.00. The molecule has 1 rings (SSSR count). The number of sulfonamides is 1. The Labute approximate surface area is 104 Å². The maximum atomic E-state index is 10.8. The monoisotopic (exact) mass is 271 g/mol. The van der Waals surface area contributed by atoms with Gasteiger partial charge < -0.3 is 10.6 Å². The van der Waals surface area contributed by atoms with Crippen molar-refractivity contribution in [1.29, 1.82) is 0 Å². The van der Waals surface area contributed by atoms with Crippen LogP contribution in [-0.4, -0.2) is 52.3 Å². The van der Waals surface area contributed by atoms with Crippen LogP contribution in [0.15, 0.2) is 0 Å². The summed E-state index contributed by atoms with van der Waals surface area (Å²) < 4.78 is 24.2. The van der Waals surface area contributed by atoms with Gasteiger partial charge in [-0.15, -0.1) is 12.4 Å². The Kier molecular flexibility index (Phi) is 7.50. The van der Waals surface area contributed by atoms with E-state index >= 15 is 0 Å². The summed E-state index contributed by atoms with van der Waals surface area (Å²) in [6, 6.07) is 0. The topological polar surface area (TPSA) is 75.4 Å². The Bertz CT molecular complexity index is 276. The van der Waals surface area contributed by atoms with E-state index in [1.54, 1.807) is 0 Å². The second kappa shape index (κ2) is 7.45. The maximum Gasteiger partial charge on any atom is 0.208 e. The summed E-state index contributed by atoms with van der Waals surface area (Å²) >= 11 is 0. The Hall–Kier alpha value is 0.120. The van der Waals surface area contributed by atoms with Crippen molar-refractivity contribution in [2.45, 2.75) is 12.8 Å². The van der Waals surface area contributed by atoms with Crippen molar-refractivity contribution in [2.75, 3.05) is 39.0 Å². The van der Waals surface area contributed by atoms with Crippen LogP contribution in [0.5, 0.6) is 0 Å². The van der Waals surface area contributed by atoms with E-state index in [0.29, 0.717) is 12.5 Å². The van der Waals surface area contributed by atoms with Crippen LogP contribution in [0.2, 0.25) is 0 Å². The molecular weight excluding hydrogens is 250 g/mol. The van der Waals surface area contributed by atoms with Crippen LogP contribution in [0.25, 0.3) is 0 Å². The Morgan fingerprint density at radius 1 is 1.38 bits per heavy atom. The molecule has 0 amide bonds. The third-order valence-corrected chi connectivity index (χ3v) is 3.56. The first-order chi connectivity index (χ1) is 7.01. The number of nitrogens with one attached hydrogen (secondary N) is 1. The average Bonchev–Trinajstić information content (AvgIpc) is 2.17. The largest absolute Gasteiger partial charge is 0.330 e. The molecule has 0 aromatic rings. The highest BCUT2D eigenvalue weighted by molar-refractivity contribution is 7.88. The number of nitrogens with two attached hydrogens (primary N) is 1. The van der Waals surface area contributed by atoms with Crippen molar-refractivity contribution < 1.29 is 8.42 Å². The summed E-state index contributed by atoms with van der Waals surface area (Å²) in [5, 5.41) is 0. The van der Waals surface area contributed by atoms with Crippen LogP contribution in [-0.2, 0) is 10.0 Å². The van der Waals surface area contributed by atoms with Gasteiger partial charge in [-0.1, -0.05) is 0 Å². The molecule has 0 aliphatic carbocycles. The van der Waals surface area contributed by atoms with E-state index in [0.717, 1.165) is 39.0 Å². The fourth-order valence-electron chi connectivity index (χ4n) is 1.83. The highest BCUT2D eigenvalue weighted by Gasteiger charge is 2.17. The van der Waals surface area contributed by atoms with E-state index in [1.807, 2.05) is 0 Å². The number of rotatable bonds is 5. The minimum Gasteiger partial charge on any atom is -0.330 e. The van der Waals surface area contributed by atoms with Crippen molar-refractivity contribution in [1.82, 2.24) is 9.62 Å². The van der Waals surface area contributed by atoms with Gasteiger partial charge in [-0.05, 0) is 38.4 Å². The number of likely N-dealkylation sites (tertiary alicyclic amines) is 1. The van der Waals surface area contributed by atoms with E-state index in [1.165, 1.54) is 6.26 Å². The highest BCUT2D eigenvalue weighted by Crippen LogP contribution is 2.14. The smallest absolute Gasteiger partial charge is 0.208 e. The summed E-state index contributed by atoms with van der Waals surface area (Å²) in [6.45, 7) is 4.15. The quantitative estimate of drug-likeness (QED) is 0.715. The van der Waals surface area contributed by atoms with Crippen LogP contribution < -0.4 is 10.5 Å². The van der Waals surface area contributed by atoms with Gasteiger partial charge in [-0.3, -0.25) is 0 Å². The first kappa shape index (κ1) is 16.1. The zero-order valence-corrected chi connectivity index (χ0v) is 11.3. The second-order valence-electron chi connectivity index (χ2n) is 4.19. The maximum absolute atomic E-state index is 10.8. The molecular formula is C9H22ClN3O2S. The predicted molar refractivity (Wildman–Crippen MR) is 68.3 cm³/mol. The summed E-state index contributed by atoms with van der Waals surface area (Å²) in [4.78, 5) is 2.28. The predicted octanol–water partition coefficient (Wildman–Crippen LogP) is -0.372. The van der Waals surface area contributed by atoms with Gasteiger partial charge in [-0.2, -0.15) is 0 Å². The molecule has 16 heavy (non-hydrogen) atoms. The molecule has 1 saturated heterocycles. The van der Waals surface area contributed by atoms with Crippen molar-refractivity contribution in [3.05, 3.63) is 0 Å². The third-order valence-electron chi connectivity index (χ3n) is 2.83. The minimum atomic E-state index is -3.04. The van der Waals surface area contributed by atoms with E-state index < -0.39 is 10.0 Å². The number of piperidine rings is 1. The van der Waals surface area contributed by atoms with E-state index in [4.69, 9.17) is 5.73 Å². The zero-order chi connectivity index (χ0) is 11.3. The highest BCUT2D eigenvalue weighted by atomic mass is 35.5. The molecule has 0 saturated carbocycles. The lowest BCUT2D eigenvalue weighted by Crippen LogP contribution is -2.40. The van der Waals surface area contributed by atoms with Crippen LogP contribution in [0.1, 0.15) is 12.8 Å². The van der Waals surface area contributed by atoms with E-state index in [2.05, 4.69) is 9.62 Å². The minimum absolute atomic E-state index is 0. The SMILES string of the molecule is CS(=O)(=O)NCCN1CCC(CN)CC1.Cl.